The molecule has 0 unspecified atom stereocenters. The van der Waals surface area contributed by atoms with Gasteiger partial charge in [-0.2, -0.15) is 13.2 Å². The summed E-state index contributed by atoms with van der Waals surface area (Å²) in [5.41, 5.74) is 3.12. The van der Waals surface area contributed by atoms with E-state index < -0.39 is 18.6 Å². The average Bonchev–Trinajstić information content (AvgIpc) is 3.25. The van der Waals surface area contributed by atoms with Gasteiger partial charge in [0.2, 0.25) is 0 Å². The molecule has 1 aromatic heterocycles. The minimum absolute atomic E-state index is 0.157. The molecule has 5 nitrogen and oxygen atoms in total. The van der Waals surface area contributed by atoms with Gasteiger partial charge in [0, 0.05) is 60.7 Å². The second kappa shape index (κ2) is 9.09. The molecule has 0 amide bonds. The molecule has 0 saturated carbocycles. The maximum atomic E-state index is 13.8. The fraction of sp³-hybridized carbons (Fsp3) is 0.250. The number of ether oxygens (including phenoxy) is 2. The van der Waals surface area contributed by atoms with Gasteiger partial charge in [0.15, 0.2) is 12.9 Å². The third-order valence-corrected chi connectivity index (χ3v) is 5.32. The normalized spacial score (nSPS) is 12.8. The van der Waals surface area contributed by atoms with Crippen LogP contribution in [0.4, 0.5) is 23.2 Å². The minimum atomic E-state index is -4.60. The number of halogens is 4. The van der Waals surface area contributed by atoms with Crippen LogP contribution in [0, 0.1) is 5.82 Å². The van der Waals surface area contributed by atoms with Crippen molar-refractivity contribution in [3.63, 3.8) is 0 Å². The third-order valence-electron chi connectivity index (χ3n) is 5.32. The van der Waals surface area contributed by atoms with Crippen LogP contribution in [0.3, 0.4) is 0 Å². The lowest BCUT2D eigenvalue weighted by atomic mass is 10.00. The predicted molar refractivity (Wildman–Crippen MR) is 114 cm³/mol. The van der Waals surface area contributed by atoms with Crippen LogP contribution < -0.4 is 14.4 Å². The summed E-state index contributed by atoms with van der Waals surface area (Å²) >= 11 is 0. The first-order valence-corrected chi connectivity index (χ1v) is 10.1. The first-order valence-electron chi connectivity index (χ1n) is 10.1. The van der Waals surface area contributed by atoms with E-state index in [9.17, 15) is 22.4 Å². The van der Waals surface area contributed by atoms with Crippen molar-refractivity contribution in [3.05, 3.63) is 71.2 Å². The van der Waals surface area contributed by atoms with Gasteiger partial charge in [0.05, 0.1) is 12.3 Å². The predicted octanol–water partition coefficient (Wildman–Crippen LogP) is 5.21. The fourth-order valence-corrected chi connectivity index (χ4v) is 3.71. The first-order chi connectivity index (χ1) is 15.7. The molecule has 0 aliphatic carbocycles. The molecule has 3 aromatic rings. The molecule has 0 fully saturated rings. The molecule has 4 rings (SSSR count). The van der Waals surface area contributed by atoms with E-state index in [0.717, 1.165) is 35.6 Å². The van der Waals surface area contributed by atoms with Crippen LogP contribution in [0.2, 0.25) is 0 Å². The summed E-state index contributed by atoms with van der Waals surface area (Å²) in [6.45, 7) is -0.747. The highest BCUT2D eigenvalue weighted by Crippen LogP contribution is 2.35. The highest BCUT2D eigenvalue weighted by atomic mass is 19.4. The summed E-state index contributed by atoms with van der Waals surface area (Å²) in [6.07, 6.45) is -1.73. The van der Waals surface area contributed by atoms with Crippen LogP contribution in [0.1, 0.15) is 21.5 Å². The number of aromatic nitrogens is 1. The maximum absolute atomic E-state index is 13.8. The quantitative estimate of drug-likeness (QED) is 0.358. The number of carbonyl (C=O) groups is 1. The van der Waals surface area contributed by atoms with E-state index >= 15 is 0 Å². The van der Waals surface area contributed by atoms with Gasteiger partial charge in [0.25, 0.3) is 0 Å². The van der Waals surface area contributed by atoms with Crippen molar-refractivity contribution in [1.29, 1.82) is 0 Å². The van der Waals surface area contributed by atoms with E-state index in [0.29, 0.717) is 24.0 Å². The number of hydrogen-bond acceptors (Lipinski definition) is 5. The monoisotopic (exact) mass is 460 g/mol. The Morgan fingerprint density at radius 2 is 2.00 bits per heavy atom. The lowest BCUT2D eigenvalue weighted by Gasteiger charge is -2.23. The molecule has 9 heteroatoms. The molecule has 0 N–H and O–H groups in total. The summed E-state index contributed by atoms with van der Waals surface area (Å²) in [6, 6.07) is 10.6. The van der Waals surface area contributed by atoms with Crippen LogP contribution >= 0.6 is 0 Å². The van der Waals surface area contributed by atoms with E-state index in [4.69, 9.17) is 9.47 Å². The molecule has 2 heterocycles. The third kappa shape index (κ3) is 5.08. The molecule has 0 saturated heterocycles. The second-order valence-electron chi connectivity index (χ2n) is 7.64. The van der Waals surface area contributed by atoms with Gasteiger partial charge >= 0.3 is 6.18 Å². The number of carbonyl (C=O) groups excluding carboxylic acids is 1. The highest BCUT2D eigenvalue weighted by molar-refractivity contribution is 5.83. The van der Waals surface area contributed by atoms with E-state index in [1.165, 1.54) is 18.3 Å². The zero-order valence-electron chi connectivity index (χ0n) is 17.7. The van der Waals surface area contributed by atoms with Gasteiger partial charge in [-0.05, 0) is 29.8 Å². The SMILES string of the molecule is CN(Cc1c(C=O)ccnc1-c1ccc(F)cc1OCC(F)(F)F)c1ccc2c(c1)OCC2. The van der Waals surface area contributed by atoms with Crippen molar-refractivity contribution in [2.24, 2.45) is 0 Å². The van der Waals surface area contributed by atoms with Crippen LogP contribution in [-0.2, 0) is 13.0 Å². The Bertz CT molecular complexity index is 1180. The lowest BCUT2D eigenvalue weighted by Crippen LogP contribution is -2.20. The average molecular weight is 460 g/mol. The Labute approximate surface area is 187 Å². The lowest BCUT2D eigenvalue weighted by molar-refractivity contribution is -0.153. The van der Waals surface area contributed by atoms with Crippen molar-refractivity contribution in [2.75, 3.05) is 25.2 Å². The molecule has 172 valence electrons. The van der Waals surface area contributed by atoms with Crippen LogP contribution in [0.25, 0.3) is 11.3 Å². The fourth-order valence-electron chi connectivity index (χ4n) is 3.71. The van der Waals surface area contributed by atoms with Crippen molar-refractivity contribution < 1.29 is 31.8 Å². The van der Waals surface area contributed by atoms with Crippen molar-refractivity contribution in [1.82, 2.24) is 4.98 Å². The van der Waals surface area contributed by atoms with E-state index in [1.54, 1.807) is 0 Å². The van der Waals surface area contributed by atoms with Gasteiger partial charge in [-0.15, -0.1) is 0 Å². The summed E-state index contributed by atoms with van der Waals surface area (Å²) in [4.78, 5) is 17.9. The molecule has 0 atom stereocenters. The smallest absolute Gasteiger partial charge is 0.422 e. The number of anilines is 1. The first kappa shape index (κ1) is 22.6. The Morgan fingerprint density at radius 3 is 2.76 bits per heavy atom. The highest BCUT2D eigenvalue weighted by Gasteiger charge is 2.29. The van der Waals surface area contributed by atoms with Crippen LogP contribution in [0.15, 0.2) is 48.7 Å². The number of hydrogen-bond donors (Lipinski definition) is 0. The number of fused-ring (bicyclic) bond motifs is 1. The number of nitrogens with zero attached hydrogens (tertiary/aromatic N) is 2. The molecule has 1 aliphatic heterocycles. The van der Waals surface area contributed by atoms with Gasteiger partial charge in [-0.1, -0.05) is 6.07 Å². The van der Waals surface area contributed by atoms with Crippen LogP contribution in [-0.4, -0.2) is 37.7 Å². The van der Waals surface area contributed by atoms with Crippen molar-refractivity contribution in [2.45, 2.75) is 19.1 Å². The largest absolute Gasteiger partial charge is 0.493 e. The zero-order chi connectivity index (χ0) is 23.6. The molecule has 0 radical (unpaired) electrons. The number of aldehydes is 1. The zero-order valence-corrected chi connectivity index (χ0v) is 17.7. The molecule has 33 heavy (non-hydrogen) atoms. The molecular formula is C24H20F4N2O3. The summed E-state index contributed by atoms with van der Waals surface area (Å²) in [7, 11) is 1.81. The van der Waals surface area contributed by atoms with Gasteiger partial charge in [0.1, 0.15) is 17.3 Å². The van der Waals surface area contributed by atoms with Crippen molar-refractivity contribution in [3.8, 4) is 22.8 Å². The van der Waals surface area contributed by atoms with Gasteiger partial charge in [-0.25, -0.2) is 4.39 Å². The molecule has 1 aliphatic rings. The van der Waals surface area contributed by atoms with Gasteiger partial charge < -0.3 is 14.4 Å². The number of alkyl halides is 3. The van der Waals surface area contributed by atoms with Crippen LogP contribution in [0.5, 0.6) is 11.5 Å². The minimum Gasteiger partial charge on any atom is -0.493 e. The number of pyridine rings is 1. The molecule has 2 aromatic carbocycles. The standard InChI is InChI=1S/C24H20F4N2O3/c1-30(18-4-2-15-7-9-32-21(15)11-18)12-20-16(13-31)6-8-29-23(20)19-5-3-17(25)10-22(19)33-14-24(26,27)28/h2-6,8,10-11,13H,7,9,12,14H2,1H3. The van der Waals surface area contributed by atoms with Gasteiger partial charge in [-0.3, -0.25) is 9.78 Å². The molecule has 0 spiro atoms. The Hall–Kier alpha value is -3.62. The Kier molecular flexibility index (Phi) is 6.22. The summed E-state index contributed by atoms with van der Waals surface area (Å²) in [5.74, 6) is -0.264. The molecular weight excluding hydrogens is 440 g/mol. The van der Waals surface area contributed by atoms with E-state index in [1.807, 2.05) is 30.1 Å². The Morgan fingerprint density at radius 1 is 1.18 bits per heavy atom. The second-order valence-corrected chi connectivity index (χ2v) is 7.64. The van der Waals surface area contributed by atoms with E-state index in [2.05, 4.69) is 4.98 Å². The van der Waals surface area contributed by atoms with E-state index in [-0.39, 0.29) is 23.6 Å². The number of rotatable bonds is 7. The summed E-state index contributed by atoms with van der Waals surface area (Å²) in [5, 5.41) is 0. The number of benzene rings is 2. The Balaban J connectivity index is 1.72. The molecule has 0 bridgehead atoms. The topological polar surface area (TPSA) is 51.7 Å². The summed E-state index contributed by atoms with van der Waals surface area (Å²) < 4.78 is 62.5. The maximum Gasteiger partial charge on any atom is 0.422 e. The van der Waals surface area contributed by atoms with Crippen molar-refractivity contribution >= 4 is 12.0 Å².